The molecule has 4 heteroatoms. The van der Waals surface area contributed by atoms with E-state index < -0.39 is 5.41 Å². The second-order valence-electron chi connectivity index (χ2n) is 5.38. The number of hydrogen-bond donors (Lipinski definition) is 1. The molecule has 0 saturated heterocycles. The number of benzene rings is 1. The van der Waals surface area contributed by atoms with Crippen molar-refractivity contribution in [3.05, 3.63) is 41.6 Å². The number of carbonyl (C=O) groups is 1. The quantitative estimate of drug-likeness (QED) is 0.873. The maximum Gasteiger partial charge on any atom is 0.229 e. The fourth-order valence-electron chi connectivity index (χ4n) is 1.52. The molecule has 0 fully saturated rings. The Morgan fingerprint density at radius 2 is 2.00 bits per heavy atom. The van der Waals surface area contributed by atoms with Gasteiger partial charge in [0, 0.05) is 11.0 Å². The Morgan fingerprint density at radius 3 is 2.53 bits per heavy atom. The van der Waals surface area contributed by atoms with E-state index in [9.17, 15) is 4.79 Å². The zero-order chi connectivity index (χ0) is 14.0. The predicted molar refractivity (Wildman–Crippen MR) is 77.2 cm³/mol. The minimum absolute atomic E-state index is 0.0693. The van der Waals surface area contributed by atoms with Crippen molar-refractivity contribution >= 4 is 23.2 Å². The predicted octanol–water partition coefficient (Wildman–Crippen LogP) is 4.58. The Labute approximate surface area is 117 Å². The Balaban J connectivity index is 2.23. The van der Waals surface area contributed by atoms with Crippen LogP contribution < -0.4 is 5.32 Å². The van der Waals surface area contributed by atoms with Crippen LogP contribution in [-0.2, 0) is 4.79 Å². The smallest absolute Gasteiger partial charge is 0.229 e. The average molecular weight is 278 g/mol. The fraction of sp³-hybridized carbons (Fsp3) is 0.267. The molecule has 100 valence electrons. The van der Waals surface area contributed by atoms with Crippen LogP contribution in [0.2, 0.25) is 5.02 Å². The molecule has 0 atom stereocenters. The maximum absolute atomic E-state index is 11.9. The summed E-state index contributed by atoms with van der Waals surface area (Å²) < 4.78 is 5.30. The van der Waals surface area contributed by atoms with Crippen LogP contribution in [0.25, 0.3) is 11.3 Å². The summed E-state index contributed by atoms with van der Waals surface area (Å²) in [5.74, 6) is 0.677. The average Bonchev–Trinajstić information content (AvgIpc) is 2.84. The molecule has 2 aromatic rings. The highest BCUT2D eigenvalue weighted by Crippen LogP contribution is 2.30. The number of halogens is 1. The molecule has 2 rings (SSSR count). The molecule has 0 bridgehead atoms. The van der Waals surface area contributed by atoms with Crippen LogP contribution in [-0.4, -0.2) is 5.91 Å². The number of nitrogens with one attached hydrogen (secondary N) is 1. The monoisotopic (exact) mass is 277 g/mol. The van der Waals surface area contributed by atoms with Crippen LogP contribution in [0.4, 0.5) is 5.69 Å². The summed E-state index contributed by atoms with van der Waals surface area (Å²) in [4.78, 5) is 11.9. The van der Waals surface area contributed by atoms with E-state index in [2.05, 4.69) is 5.32 Å². The van der Waals surface area contributed by atoms with E-state index in [4.69, 9.17) is 16.0 Å². The molecule has 3 nitrogen and oxygen atoms in total. The molecule has 0 radical (unpaired) electrons. The van der Waals surface area contributed by atoms with E-state index >= 15 is 0 Å². The molecule has 1 aromatic carbocycles. The molecule has 0 aliphatic rings. The molecule has 0 unspecified atom stereocenters. The van der Waals surface area contributed by atoms with Crippen LogP contribution in [0.3, 0.4) is 0 Å². The first-order valence-electron chi connectivity index (χ1n) is 6.03. The lowest BCUT2D eigenvalue weighted by molar-refractivity contribution is -0.123. The second-order valence-corrected chi connectivity index (χ2v) is 5.78. The van der Waals surface area contributed by atoms with Gasteiger partial charge in [-0.2, -0.15) is 0 Å². The van der Waals surface area contributed by atoms with E-state index in [1.165, 1.54) is 0 Å². The van der Waals surface area contributed by atoms with Crippen LogP contribution in [0.15, 0.2) is 41.0 Å². The van der Waals surface area contributed by atoms with Gasteiger partial charge in [0.15, 0.2) is 0 Å². The minimum Gasteiger partial charge on any atom is -0.464 e. The van der Waals surface area contributed by atoms with E-state index in [1.54, 1.807) is 18.4 Å². The van der Waals surface area contributed by atoms with Gasteiger partial charge in [0.1, 0.15) is 5.76 Å². The van der Waals surface area contributed by atoms with E-state index in [0.717, 1.165) is 11.3 Å². The van der Waals surface area contributed by atoms with Crippen molar-refractivity contribution in [3.63, 3.8) is 0 Å². The first kappa shape index (κ1) is 13.7. The lowest BCUT2D eigenvalue weighted by atomic mass is 9.95. The summed E-state index contributed by atoms with van der Waals surface area (Å²) >= 11 is 6.18. The molecule has 1 heterocycles. The fourth-order valence-corrected chi connectivity index (χ4v) is 1.75. The lowest BCUT2D eigenvalue weighted by Gasteiger charge is -2.18. The third-order valence-electron chi connectivity index (χ3n) is 2.70. The largest absolute Gasteiger partial charge is 0.464 e. The number of carbonyl (C=O) groups excluding carboxylic acids is 1. The van der Waals surface area contributed by atoms with Gasteiger partial charge in [-0.05, 0) is 30.3 Å². The van der Waals surface area contributed by atoms with Crippen LogP contribution in [0.1, 0.15) is 20.8 Å². The molecule has 19 heavy (non-hydrogen) atoms. The number of rotatable bonds is 2. The van der Waals surface area contributed by atoms with Gasteiger partial charge >= 0.3 is 0 Å². The molecule has 0 saturated carbocycles. The van der Waals surface area contributed by atoms with E-state index in [0.29, 0.717) is 10.7 Å². The Kier molecular flexibility index (Phi) is 3.67. The van der Waals surface area contributed by atoms with Gasteiger partial charge in [0.25, 0.3) is 0 Å². The molecule has 0 aliphatic heterocycles. The van der Waals surface area contributed by atoms with Gasteiger partial charge in [-0.3, -0.25) is 4.79 Å². The molecule has 1 N–H and O–H groups in total. The Morgan fingerprint density at radius 1 is 1.26 bits per heavy atom. The molecule has 0 spiro atoms. The summed E-state index contributed by atoms with van der Waals surface area (Å²) in [5.41, 5.74) is 1.03. The number of anilines is 1. The van der Waals surface area contributed by atoms with Crippen molar-refractivity contribution in [1.29, 1.82) is 0 Å². The van der Waals surface area contributed by atoms with Gasteiger partial charge < -0.3 is 9.73 Å². The molecular weight excluding hydrogens is 262 g/mol. The maximum atomic E-state index is 11.9. The lowest BCUT2D eigenvalue weighted by Crippen LogP contribution is -2.27. The third kappa shape index (κ3) is 3.18. The van der Waals surface area contributed by atoms with Gasteiger partial charge in [-0.15, -0.1) is 0 Å². The van der Waals surface area contributed by atoms with Gasteiger partial charge in [0.2, 0.25) is 5.91 Å². The zero-order valence-corrected chi connectivity index (χ0v) is 11.9. The van der Waals surface area contributed by atoms with Crippen LogP contribution >= 0.6 is 11.6 Å². The summed E-state index contributed by atoms with van der Waals surface area (Å²) in [5, 5.41) is 3.31. The normalized spacial score (nSPS) is 11.4. The third-order valence-corrected chi connectivity index (χ3v) is 3.02. The molecular formula is C15H16ClNO2. The van der Waals surface area contributed by atoms with Gasteiger partial charge in [-0.1, -0.05) is 32.4 Å². The summed E-state index contributed by atoms with van der Waals surface area (Å²) in [6.45, 7) is 5.56. The molecule has 1 aromatic heterocycles. The SMILES string of the molecule is CC(C)(C)C(=O)Nc1ccc(-c2ccco2)cc1Cl. The Bertz CT molecular complexity index is 583. The summed E-state index contributed by atoms with van der Waals surface area (Å²) in [7, 11) is 0. The van der Waals surface area contributed by atoms with E-state index in [1.807, 2.05) is 39.0 Å². The highest BCUT2D eigenvalue weighted by molar-refractivity contribution is 6.34. The number of hydrogen-bond acceptors (Lipinski definition) is 2. The summed E-state index contributed by atoms with van der Waals surface area (Å²) in [6, 6.07) is 9.10. The first-order valence-corrected chi connectivity index (χ1v) is 6.40. The number of amides is 1. The van der Waals surface area contributed by atoms with Gasteiger partial charge in [0.05, 0.1) is 17.0 Å². The van der Waals surface area contributed by atoms with Crippen molar-refractivity contribution in [1.82, 2.24) is 0 Å². The van der Waals surface area contributed by atoms with Crippen LogP contribution in [0, 0.1) is 5.41 Å². The Hall–Kier alpha value is -1.74. The second kappa shape index (κ2) is 5.10. The van der Waals surface area contributed by atoms with Crippen molar-refractivity contribution in [2.75, 3.05) is 5.32 Å². The first-order chi connectivity index (χ1) is 8.88. The molecule has 1 amide bonds. The summed E-state index contributed by atoms with van der Waals surface area (Å²) in [6.07, 6.45) is 1.61. The van der Waals surface area contributed by atoms with Crippen molar-refractivity contribution in [2.24, 2.45) is 5.41 Å². The highest BCUT2D eigenvalue weighted by Gasteiger charge is 2.22. The van der Waals surface area contributed by atoms with Crippen LogP contribution in [0.5, 0.6) is 0 Å². The van der Waals surface area contributed by atoms with Crippen molar-refractivity contribution in [3.8, 4) is 11.3 Å². The van der Waals surface area contributed by atoms with E-state index in [-0.39, 0.29) is 5.91 Å². The standard InChI is InChI=1S/C15H16ClNO2/c1-15(2,3)14(18)17-12-7-6-10(9-11(12)16)13-5-4-8-19-13/h4-9H,1-3H3,(H,17,18). The van der Waals surface area contributed by atoms with Crippen molar-refractivity contribution in [2.45, 2.75) is 20.8 Å². The number of furan rings is 1. The van der Waals surface area contributed by atoms with Gasteiger partial charge in [-0.25, -0.2) is 0 Å². The molecule has 0 aliphatic carbocycles. The zero-order valence-electron chi connectivity index (χ0n) is 11.2. The minimum atomic E-state index is -0.455. The highest BCUT2D eigenvalue weighted by atomic mass is 35.5. The topological polar surface area (TPSA) is 42.2 Å². The van der Waals surface area contributed by atoms with Crippen molar-refractivity contribution < 1.29 is 9.21 Å².